The average Bonchev–Trinajstić information content (AvgIpc) is 2.67. The molecule has 2 aromatic carbocycles. The first-order valence-corrected chi connectivity index (χ1v) is 8.73. The number of hydrogen-bond donors (Lipinski definition) is 1. The molecule has 1 amide bonds. The Labute approximate surface area is 151 Å². The number of ether oxygens (including phenoxy) is 1. The molecule has 1 aliphatic heterocycles. The third kappa shape index (κ3) is 3.13. The number of carbonyl (C=O) groups excluding carboxylic acids is 1. The van der Waals surface area contributed by atoms with E-state index in [0.29, 0.717) is 24.2 Å². The van der Waals surface area contributed by atoms with Gasteiger partial charge in [-0.05, 0) is 30.0 Å². The molecule has 5 heteroatoms. The van der Waals surface area contributed by atoms with Gasteiger partial charge < -0.3 is 14.6 Å². The van der Waals surface area contributed by atoms with Crippen LogP contribution in [0.2, 0.25) is 0 Å². The highest BCUT2D eigenvalue weighted by molar-refractivity contribution is 5.96. The normalized spacial score (nSPS) is 20.3. The Bertz CT molecular complexity index is 997. The zero-order chi connectivity index (χ0) is 18.1. The van der Waals surface area contributed by atoms with Gasteiger partial charge in [-0.25, -0.2) is 0 Å². The lowest BCUT2D eigenvalue weighted by molar-refractivity contribution is -0.0692. The molecule has 3 aromatic rings. The van der Waals surface area contributed by atoms with Gasteiger partial charge in [0.25, 0.3) is 11.5 Å². The van der Waals surface area contributed by atoms with Crippen LogP contribution < -0.4 is 5.56 Å². The van der Waals surface area contributed by atoms with Crippen LogP contribution in [0.4, 0.5) is 0 Å². The minimum atomic E-state index is -0.243. The first-order chi connectivity index (χ1) is 12.6. The highest BCUT2D eigenvalue weighted by Crippen LogP contribution is 2.26. The number of benzene rings is 2. The molecule has 2 heterocycles. The van der Waals surface area contributed by atoms with Crippen LogP contribution in [0.15, 0.2) is 65.5 Å². The maximum absolute atomic E-state index is 13.0. The molecule has 2 atom stereocenters. The van der Waals surface area contributed by atoms with E-state index in [0.717, 1.165) is 10.9 Å². The van der Waals surface area contributed by atoms with Gasteiger partial charge in [-0.1, -0.05) is 48.5 Å². The summed E-state index contributed by atoms with van der Waals surface area (Å²) in [5, 5.41) is 1.35. The predicted molar refractivity (Wildman–Crippen MR) is 100 cm³/mol. The van der Waals surface area contributed by atoms with Crippen LogP contribution in [-0.4, -0.2) is 35.0 Å². The van der Waals surface area contributed by atoms with Crippen molar-refractivity contribution in [3.05, 3.63) is 82.3 Å². The van der Waals surface area contributed by atoms with E-state index in [1.807, 2.05) is 55.5 Å². The van der Waals surface area contributed by atoms with Gasteiger partial charge in [0, 0.05) is 11.9 Å². The van der Waals surface area contributed by atoms with Crippen LogP contribution in [0.25, 0.3) is 10.8 Å². The monoisotopic (exact) mass is 348 g/mol. The summed E-state index contributed by atoms with van der Waals surface area (Å²) in [5.74, 6) is -0.177. The van der Waals surface area contributed by atoms with Crippen molar-refractivity contribution in [3.63, 3.8) is 0 Å². The van der Waals surface area contributed by atoms with Crippen molar-refractivity contribution in [2.75, 3.05) is 13.1 Å². The summed E-state index contributed by atoms with van der Waals surface area (Å²) < 4.78 is 6.02. The summed E-state index contributed by atoms with van der Waals surface area (Å²) in [5.41, 5.74) is 1.12. The molecule has 1 fully saturated rings. The minimum Gasteiger partial charge on any atom is -0.367 e. The molecule has 4 rings (SSSR count). The molecule has 0 radical (unpaired) electrons. The van der Waals surface area contributed by atoms with Crippen LogP contribution in [0.3, 0.4) is 0 Å². The minimum absolute atomic E-state index is 0.0786. The number of hydrogen-bond acceptors (Lipinski definition) is 3. The Kier molecular flexibility index (Phi) is 4.31. The molecule has 5 nitrogen and oxygen atoms in total. The maximum Gasteiger partial charge on any atom is 0.270 e. The second-order valence-electron chi connectivity index (χ2n) is 6.66. The van der Waals surface area contributed by atoms with Gasteiger partial charge in [0.1, 0.15) is 11.8 Å². The van der Waals surface area contributed by atoms with E-state index >= 15 is 0 Å². The van der Waals surface area contributed by atoms with E-state index in [9.17, 15) is 9.59 Å². The summed E-state index contributed by atoms with van der Waals surface area (Å²) in [6.45, 7) is 2.91. The Morgan fingerprint density at radius 1 is 1.08 bits per heavy atom. The Morgan fingerprint density at radius 2 is 1.81 bits per heavy atom. The molecule has 0 unspecified atom stereocenters. The average molecular weight is 348 g/mol. The van der Waals surface area contributed by atoms with E-state index < -0.39 is 0 Å². The highest BCUT2D eigenvalue weighted by Gasteiger charge is 2.30. The topological polar surface area (TPSA) is 62.4 Å². The predicted octanol–water partition coefficient (Wildman–Crippen LogP) is 3.13. The number of aromatic nitrogens is 1. The first-order valence-electron chi connectivity index (χ1n) is 8.73. The number of nitrogens with one attached hydrogen (secondary N) is 1. The standard InChI is InChI=1S/C21H20N2O3/c1-14-12-23(13-19(26-14)15-7-3-2-4-8-15)21(25)18-11-16-9-5-6-10-17(16)20(24)22-18/h2-11,14,19H,12-13H2,1H3,(H,22,24)/t14-,19+/m1/s1. The molecule has 1 N–H and O–H groups in total. The fourth-order valence-corrected chi connectivity index (χ4v) is 3.47. The molecule has 1 saturated heterocycles. The molecule has 1 aromatic heterocycles. The lowest BCUT2D eigenvalue weighted by Crippen LogP contribution is -2.46. The first kappa shape index (κ1) is 16.5. The van der Waals surface area contributed by atoms with Crippen molar-refractivity contribution in [2.24, 2.45) is 0 Å². The van der Waals surface area contributed by atoms with Crippen molar-refractivity contribution in [3.8, 4) is 0 Å². The third-order valence-corrected chi connectivity index (χ3v) is 4.70. The molecule has 26 heavy (non-hydrogen) atoms. The molecular formula is C21H20N2O3. The highest BCUT2D eigenvalue weighted by atomic mass is 16.5. The molecule has 0 bridgehead atoms. The third-order valence-electron chi connectivity index (χ3n) is 4.70. The summed E-state index contributed by atoms with van der Waals surface area (Å²) in [6, 6.07) is 18.9. The number of nitrogens with zero attached hydrogens (tertiary/aromatic N) is 1. The smallest absolute Gasteiger partial charge is 0.270 e. The second-order valence-corrected chi connectivity index (χ2v) is 6.66. The van der Waals surface area contributed by atoms with E-state index in [4.69, 9.17) is 4.74 Å². The van der Waals surface area contributed by atoms with Crippen molar-refractivity contribution >= 4 is 16.7 Å². The summed E-state index contributed by atoms with van der Waals surface area (Å²) in [4.78, 5) is 29.8. The number of rotatable bonds is 2. The number of amides is 1. The largest absolute Gasteiger partial charge is 0.367 e. The fourth-order valence-electron chi connectivity index (χ4n) is 3.47. The van der Waals surface area contributed by atoms with E-state index in [1.54, 1.807) is 17.0 Å². The second kappa shape index (κ2) is 6.77. The quantitative estimate of drug-likeness (QED) is 0.774. The van der Waals surface area contributed by atoms with Crippen LogP contribution in [0, 0.1) is 0 Å². The van der Waals surface area contributed by atoms with Crippen LogP contribution in [-0.2, 0) is 4.74 Å². The molecule has 0 aliphatic carbocycles. The Balaban J connectivity index is 1.64. The Hall–Kier alpha value is -2.92. The van der Waals surface area contributed by atoms with E-state index in [1.165, 1.54) is 0 Å². The Morgan fingerprint density at radius 3 is 2.62 bits per heavy atom. The fraction of sp³-hybridized carbons (Fsp3) is 0.238. The van der Waals surface area contributed by atoms with Gasteiger partial charge >= 0.3 is 0 Å². The lowest BCUT2D eigenvalue weighted by atomic mass is 10.1. The number of aromatic amines is 1. The van der Waals surface area contributed by atoms with Crippen molar-refractivity contribution < 1.29 is 9.53 Å². The van der Waals surface area contributed by atoms with Gasteiger partial charge in [-0.3, -0.25) is 9.59 Å². The maximum atomic E-state index is 13.0. The molecule has 0 saturated carbocycles. The summed E-state index contributed by atoms with van der Waals surface area (Å²) in [6.07, 6.45) is -0.249. The van der Waals surface area contributed by atoms with Crippen molar-refractivity contribution in [2.45, 2.75) is 19.1 Å². The molecular weight excluding hydrogens is 328 g/mol. The van der Waals surface area contributed by atoms with Gasteiger partial charge in [0.15, 0.2) is 0 Å². The van der Waals surface area contributed by atoms with Gasteiger partial charge in [-0.15, -0.1) is 0 Å². The van der Waals surface area contributed by atoms with E-state index in [2.05, 4.69) is 4.98 Å². The van der Waals surface area contributed by atoms with E-state index in [-0.39, 0.29) is 23.7 Å². The molecule has 132 valence electrons. The zero-order valence-corrected chi connectivity index (χ0v) is 14.5. The van der Waals surface area contributed by atoms with Crippen LogP contribution >= 0.6 is 0 Å². The zero-order valence-electron chi connectivity index (χ0n) is 14.5. The number of fused-ring (bicyclic) bond motifs is 1. The lowest BCUT2D eigenvalue weighted by Gasteiger charge is -2.37. The number of pyridine rings is 1. The van der Waals surface area contributed by atoms with Crippen LogP contribution in [0.5, 0.6) is 0 Å². The number of morpholine rings is 1. The summed E-state index contributed by atoms with van der Waals surface area (Å²) >= 11 is 0. The van der Waals surface area contributed by atoms with Gasteiger partial charge in [0.2, 0.25) is 0 Å². The van der Waals surface area contributed by atoms with Crippen LogP contribution in [0.1, 0.15) is 29.1 Å². The van der Waals surface area contributed by atoms with Crippen molar-refractivity contribution in [1.82, 2.24) is 9.88 Å². The number of carbonyl (C=O) groups is 1. The number of H-pyrrole nitrogens is 1. The molecule has 1 aliphatic rings. The summed E-state index contributed by atoms with van der Waals surface area (Å²) in [7, 11) is 0. The van der Waals surface area contributed by atoms with Gasteiger partial charge in [0.05, 0.1) is 12.6 Å². The van der Waals surface area contributed by atoms with Gasteiger partial charge in [-0.2, -0.15) is 0 Å². The van der Waals surface area contributed by atoms with Crippen molar-refractivity contribution in [1.29, 1.82) is 0 Å². The molecule has 0 spiro atoms. The SMILES string of the molecule is C[C@@H]1CN(C(=O)c2cc3ccccc3c(=O)[nH]2)C[C@@H](c2ccccc2)O1.